The van der Waals surface area contributed by atoms with Gasteiger partial charge in [0, 0.05) is 31.1 Å². The number of hydrogen-bond acceptors (Lipinski definition) is 5. The van der Waals surface area contributed by atoms with E-state index in [1.54, 1.807) is 0 Å². The lowest BCUT2D eigenvalue weighted by Gasteiger charge is -2.31. The van der Waals surface area contributed by atoms with Gasteiger partial charge in [0.1, 0.15) is 5.69 Å². The molecule has 164 valence electrons. The Hall–Kier alpha value is -2.34. The summed E-state index contributed by atoms with van der Waals surface area (Å²) in [6, 6.07) is 8.43. The van der Waals surface area contributed by atoms with Gasteiger partial charge in [-0.2, -0.15) is 0 Å². The van der Waals surface area contributed by atoms with Crippen LogP contribution in [-0.2, 0) is 16.1 Å². The Kier molecular flexibility index (Phi) is 7.53. The summed E-state index contributed by atoms with van der Waals surface area (Å²) in [5.74, 6) is 1.27. The Bertz CT molecular complexity index is 840. The van der Waals surface area contributed by atoms with Crippen LogP contribution in [0, 0.1) is 12.8 Å². The van der Waals surface area contributed by atoms with Gasteiger partial charge < -0.3 is 19.1 Å². The first-order valence-corrected chi connectivity index (χ1v) is 11.1. The highest BCUT2D eigenvalue weighted by atomic mass is 16.5. The zero-order valence-electron chi connectivity index (χ0n) is 19.0. The average Bonchev–Trinajstić information content (AvgIpc) is 3.15. The van der Waals surface area contributed by atoms with Gasteiger partial charge in [-0.3, -0.25) is 4.79 Å². The molecule has 0 spiro atoms. The highest BCUT2D eigenvalue weighted by molar-refractivity contribution is 5.78. The van der Waals surface area contributed by atoms with E-state index in [2.05, 4.69) is 62.9 Å². The second-order valence-corrected chi connectivity index (χ2v) is 8.66. The molecule has 0 saturated carbocycles. The standard InChI is InChI=1S/C24H35N3O3/c1-6-19(5)27(22(28)14-17(2)3)16-21-23(20-9-7-8-18(4)15-20)25-30-24(21)26-10-12-29-13-11-26/h7-9,15,17,19H,6,10-14,16H2,1-5H3. The van der Waals surface area contributed by atoms with E-state index >= 15 is 0 Å². The van der Waals surface area contributed by atoms with Crippen LogP contribution in [0.15, 0.2) is 28.8 Å². The van der Waals surface area contributed by atoms with E-state index in [1.807, 2.05) is 11.0 Å². The van der Waals surface area contributed by atoms with Crippen molar-refractivity contribution in [3.05, 3.63) is 35.4 Å². The minimum atomic E-state index is 0.147. The largest absolute Gasteiger partial charge is 0.378 e. The first-order valence-electron chi connectivity index (χ1n) is 11.1. The Morgan fingerprint density at radius 3 is 2.60 bits per heavy atom. The number of nitrogens with zero attached hydrogens (tertiary/aromatic N) is 3. The molecule has 0 aliphatic carbocycles. The molecule has 1 atom stereocenters. The van der Waals surface area contributed by atoms with Crippen molar-refractivity contribution < 1.29 is 14.1 Å². The summed E-state index contributed by atoms with van der Waals surface area (Å²) in [6.45, 7) is 13.8. The Morgan fingerprint density at radius 1 is 1.23 bits per heavy atom. The van der Waals surface area contributed by atoms with E-state index in [1.165, 1.54) is 5.56 Å². The average molecular weight is 414 g/mol. The third-order valence-corrected chi connectivity index (χ3v) is 5.71. The fourth-order valence-electron chi connectivity index (χ4n) is 3.82. The molecule has 0 N–H and O–H groups in total. The minimum absolute atomic E-state index is 0.147. The highest BCUT2D eigenvalue weighted by Crippen LogP contribution is 2.34. The molecule has 3 rings (SSSR count). The van der Waals surface area contributed by atoms with Crippen molar-refractivity contribution in [3.63, 3.8) is 0 Å². The van der Waals surface area contributed by atoms with E-state index in [9.17, 15) is 4.79 Å². The van der Waals surface area contributed by atoms with Crippen LogP contribution in [-0.4, -0.2) is 48.3 Å². The third-order valence-electron chi connectivity index (χ3n) is 5.71. The normalized spacial score (nSPS) is 15.5. The molecule has 2 aromatic rings. The number of rotatable bonds is 8. The Balaban J connectivity index is 2.02. The molecule has 6 nitrogen and oxygen atoms in total. The Morgan fingerprint density at radius 2 is 1.97 bits per heavy atom. The molecule has 0 bridgehead atoms. The number of carbonyl (C=O) groups excluding carboxylic acids is 1. The summed E-state index contributed by atoms with van der Waals surface area (Å²) < 4.78 is 11.4. The smallest absolute Gasteiger partial charge is 0.233 e. The van der Waals surface area contributed by atoms with Gasteiger partial charge in [0.25, 0.3) is 0 Å². The van der Waals surface area contributed by atoms with E-state index in [0.29, 0.717) is 32.1 Å². The highest BCUT2D eigenvalue weighted by Gasteiger charge is 2.29. The second-order valence-electron chi connectivity index (χ2n) is 8.66. The van der Waals surface area contributed by atoms with Crippen molar-refractivity contribution in [3.8, 4) is 11.3 Å². The summed E-state index contributed by atoms with van der Waals surface area (Å²) in [4.78, 5) is 17.3. The monoisotopic (exact) mass is 413 g/mol. The van der Waals surface area contributed by atoms with Crippen LogP contribution in [0.25, 0.3) is 11.3 Å². The van der Waals surface area contributed by atoms with Crippen molar-refractivity contribution in [2.75, 3.05) is 31.2 Å². The van der Waals surface area contributed by atoms with Crippen LogP contribution in [0.3, 0.4) is 0 Å². The van der Waals surface area contributed by atoms with Gasteiger partial charge in [-0.05, 0) is 32.3 Å². The summed E-state index contributed by atoms with van der Waals surface area (Å²) in [7, 11) is 0. The zero-order valence-corrected chi connectivity index (χ0v) is 19.0. The van der Waals surface area contributed by atoms with Crippen molar-refractivity contribution in [2.45, 2.75) is 60.0 Å². The fraction of sp³-hybridized carbons (Fsp3) is 0.583. The number of anilines is 1. The number of carbonyl (C=O) groups is 1. The number of amides is 1. The molecule has 0 radical (unpaired) electrons. The van der Waals surface area contributed by atoms with Gasteiger partial charge in [0.15, 0.2) is 0 Å². The first kappa shape index (κ1) is 22.3. The minimum Gasteiger partial charge on any atom is -0.378 e. The van der Waals surface area contributed by atoms with Gasteiger partial charge in [-0.1, -0.05) is 49.7 Å². The maximum absolute atomic E-state index is 13.1. The van der Waals surface area contributed by atoms with Gasteiger partial charge in [-0.25, -0.2) is 0 Å². The van der Waals surface area contributed by atoms with Gasteiger partial charge in [0.2, 0.25) is 11.8 Å². The Labute approximate surface area is 180 Å². The molecular formula is C24H35N3O3. The van der Waals surface area contributed by atoms with Crippen molar-refractivity contribution in [1.82, 2.24) is 10.1 Å². The van der Waals surface area contributed by atoms with Crippen LogP contribution in [0.2, 0.25) is 0 Å². The van der Waals surface area contributed by atoms with Crippen LogP contribution >= 0.6 is 0 Å². The molecule has 1 unspecified atom stereocenters. The van der Waals surface area contributed by atoms with Crippen LogP contribution in [0.1, 0.15) is 51.7 Å². The molecule has 1 aromatic carbocycles. The number of aryl methyl sites for hydroxylation is 1. The lowest BCUT2D eigenvalue weighted by atomic mass is 10.0. The SMILES string of the molecule is CCC(C)N(Cc1c(-c2cccc(C)c2)noc1N1CCOCC1)C(=O)CC(C)C. The molecule has 6 heteroatoms. The quantitative estimate of drug-likeness (QED) is 0.630. The second kappa shape index (κ2) is 10.1. The summed E-state index contributed by atoms with van der Waals surface area (Å²) in [5, 5.41) is 4.47. The van der Waals surface area contributed by atoms with Crippen molar-refractivity contribution in [2.24, 2.45) is 5.92 Å². The van der Waals surface area contributed by atoms with E-state index in [4.69, 9.17) is 9.26 Å². The predicted octanol–water partition coefficient (Wildman–Crippen LogP) is 4.66. The maximum atomic E-state index is 13.1. The zero-order chi connectivity index (χ0) is 21.7. The topological polar surface area (TPSA) is 58.8 Å². The fourth-order valence-corrected chi connectivity index (χ4v) is 3.82. The van der Waals surface area contributed by atoms with Crippen molar-refractivity contribution in [1.29, 1.82) is 0 Å². The predicted molar refractivity (Wildman–Crippen MR) is 119 cm³/mol. The maximum Gasteiger partial charge on any atom is 0.233 e. The van der Waals surface area contributed by atoms with Gasteiger partial charge in [0.05, 0.1) is 25.3 Å². The molecule has 1 aliphatic rings. The van der Waals surface area contributed by atoms with Crippen LogP contribution < -0.4 is 4.90 Å². The molecular weight excluding hydrogens is 378 g/mol. The summed E-state index contributed by atoms with van der Waals surface area (Å²) >= 11 is 0. The number of ether oxygens (including phenoxy) is 1. The molecule has 30 heavy (non-hydrogen) atoms. The number of morpholine rings is 1. The summed E-state index contributed by atoms with van der Waals surface area (Å²) in [5.41, 5.74) is 4.00. The number of benzene rings is 1. The molecule has 1 amide bonds. The molecule has 2 heterocycles. The van der Waals surface area contributed by atoms with E-state index < -0.39 is 0 Å². The first-order chi connectivity index (χ1) is 14.4. The molecule has 1 fully saturated rings. The van der Waals surface area contributed by atoms with E-state index in [0.717, 1.165) is 42.2 Å². The van der Waals surface area contributed by atoms with Gasteiger partial charge >= 0.3 is 0 Å². The number of aromatic nitrogens is 1. The van der Waals surface area contributed by atoms with E-state index in [-0.39, 0.29) is 11.9 Å². The lowest BCUT2D eigenvalue weighted by molar-refractivity contribution is -0.134. The van der Waals surface area contributed by atoms with Crippen molar-refractivity contribution >= 4 is 11.8 Å². The molecule has 1 saturated heterocycles. The summed E-state index contributed by atoms with van der Waals surface area (Å²) in [6.07, 6.45) is 1.45. The van der Waals surface area contributed by atoms with Gasteiger partial charge in [-0.15, -0.1) is 0 Å². The molecule has 1 aliphatic heterocycles. The molecule has 1 aromatic heterocycles. The number of hydrogen-bond donors (Lipinski definition) is 0. The lowest BCUT2D eigenvalue weighted by Crippen LogP contribution is -2.40. The third kappa shape index (κ3) is 5.22. The van der Waals surface area contributed by atoms with Crippen LogP contribution in [0.5, 0.6) is 0 Å². The van der Waals surface area contributed by atoms with Crippen LogP contribution in [0.4, 0.5) is 5.88 Å².